The lowest BCUT2D eigenvalue weighted by molar-refractivity contribution is -0.139. The number of carbonyl (C=O) groups excluding carboxylic acids is 2. The van der Waals surface area contributed by atoms with Gasteiger partial charge in [0.05, 0.1) is 11.1 Å². The molecule has 0 amide bonds. The minimum Gasteiger partial charge on any atom is -0.478 e. The molecule has 0 unspecified atom stereocenters. The molecule has 0 aromatic rings. The molecule has 152 valence electrons. The van der Waals surface area contributed by atoms with Gasteiger partial charge in [-0.15, -0.1) is 13.2 Å². The normalized spacial score (nSPS) is 10.4. The van der Waals surface area contributed by atoms with E-state index >= 15 is 0 Å². The van der Waals surface area contributed by atoms with Crippen molar-refractivity contribution in [2.45, 2.75) is 12.8 Å². The van der Waals surface area contributed by atoms with Crippen LogP contribution in [0.5, 0.6) is 0 Å². The van der Waals surface area contributed by atoms with Gasteiger partial charge in [0.25, 0.3) is 0 Å². The maximum Gasteiger partial charge on any atom is 0.332 e. The zero-order chi connectivity index (χ0) is 21.9. The molecule has 0 fully saturated rings. The van der Waals surface area contributed by atoms with Crippen molar-refractivity contribution in [1.82, 2.24) is 0 Å². The first-order valence-corrected chi connectivity index (χ1v) is 7.88. The van der Waals surface area contributed by atoms with Crippen LogP contribution in [0.1, 0.15) is 12.8 Å². The molecule has 0 heterocycles. The van der Waals surface area contributed by atoms with Crippen LogP contribution in [-0.4, -0.2) is 47.3 Å². The van der Waals surface area contributed by atoms with Gasteiger partial charge in [0.2, 0.25) is 0 Å². The fourth-order valence-electron chi connectivity index (χ4n) is 1.48. The summed E-state index contributed by atoms with van der Waals surface area (Å²) in [6.45, 7) is 13.7. The predicted octanol–water partition coefficient (Wildman–Crippen LogP) is 2.61. The van der Waals surface area contributed by atoms with Gasteiger partial charge in [0.1, 0.15) is 13.2 Å². The average Bonchev–Trinajstić information content (AvgIpc) is 2.65. The van der Waals surface area contributed by atoms with E-state index in [4.69, 9.17) is 10.2 Å². The number of allylic oxidation sites excluding steroid dienone is 2. The Morgan fingerprint density at radius 3 is 1.18 bits per heavy atom. The number of hydrogen-bond acceptors (Lipinski definition) is 6. The van der Waals surface area contributed by atoms with Crippen molar-refractivity contribution >= 4 is 23.9 Å². The number of carboxylic acid groups (broad SMARTS) is 2. The van der Waals surface area contributed by atoms with E-state index in [0.29, 0.717) is 0 Å². The Hall–Kier alpha value is -3.68. The zero-order valence-corrected chi connectivity index (χ0v) is 15.5. The van der Waals surface area contributed by atoms with E-state index in [-0.39, 0.29) is 37.2 Å². The van der Waals surface area contributed by atoms with Crippen LogP contribution in [0.2, 0.25) is 0 Å². The van der Waals surface area contributed by atoms with Crippen molar-refractivity contribution in [3.05, 3.63) is 73.9 Å². The van der Waals surface area contributed by atoms with Crippen molar-refractivity contribution in [3.8, 4) is 0 Å². The maximum atomic E-state index is 10.8. The van der Waals surface area contributed by atoms with Gasteiger partial charge >= 0.3 is 23.9 Å². The van der Waals surface area contributed by atoms with Gasteiger partial charge < -0.3 is 19.7 Å². The molecule has 0 aromatic carbocycles. The molecule has 0 radical (unpaired) electrons. The van der Waals surface area contributed by atoms with Gasteiger partial charge in [0, 0.05) is 12.2 Å². The van der Waals surface area contributed by atoms with Gasteiger partial charge in [-0.1, -0.05) is 37.5 Å². The lowest BCUT2D eigenvalue weighted by Gasteiger charge is -2.04. The molecule has 0 aliphatic carbocycles. The van der Waals surface area contributed by atoms with Gasteiger partial charge in [-0.25, -0.2) is 19.2 Å². The van der Waals surface area contributed by atoms with Crippen LogP contribution in [0.3, 0.4) is 0 Å². The first-order valence-electron chi connectivity index (χ1n) is 7.88. The lowest BCUT2D eigenvalue weighted by atomic mass is 10.0. The van der Waals surface area contributed by atoms with E-state index in [2.05, 4.69) is 35.8 Å². The number of ether oxygens (including phenoxy) is 2. The van der Waals surface area contributed by atoms with Crippen LogP contribution in [-0.2, 0) is 28.7 Å². The number of aliphatic carboxylic acids is 2. The summed E-state index contributed by atoms with van der Waals surface area (Å²) in [6, 6.07) is 0. The second-order valence-corrected chi connectivity index (χ2v) is 4.72. The number of hydrogen-bond donors (Lipinski definition) is 2. The first-order chi connectivity index (χ1) is 13.2. The fraction of sp³-hybridized carbons (Fsp3) is 0.200. The standard InChI is InChI=1S/2C10H12O4/c1-3-7-13-9(11)5-6-10(12)14-8-4-2;1-3-5-7(9(11)12)8(6-4-2)10(13)14/h3-6H,1-2,7-8H2;3-4H,1-2,5-6H2,(H,11,12)(H,13,14)/b6-5+;8-7-. The number of esters is 2. The summed E-state index contributed by atoms with van der Waals surface area (Å²) in [7, 11) is 0. The van der Waals surface area contributed by atoms with E-state index < -0.39 is 23.9 Å². The summed E-state index contributed by atoms with van der Waals surface area (Å²) in [5, 5.41) is 17.5. The molecule has 0 bridgehead atoms. The first kappa shape index (κ1) is 26.5. The van der Waals surface area contributed by atoms with Crippen LogP contribution in [0.25, 0.3) is 0 Å². The second-order valence-electron chi connectivity index (χ2n) is 4.72. The minimum atomic E-state index is -1.23. The molecule has 0 atom stereocenters. The smallest absolute Gasteiger partial charge is 0.332 e. The monoisotopic (exact) mass is 392 g/mol. The molecule has 28 heavy (non-hydrogen) atoms. The third-order valence-electron chi connectivity index (χ3n) is 2.62. The summed E-state index contributed by atoms with van der Waals surface area (Å²) >= 11 is 0. The topological polar surface area (TPSA) is 127 Å². The Kier molecular flexibility index (Phi) is 15.9. The van der Waals surface area contributed by atoms with Gasteiger partial charge in [0.15, 0.2) is 0 Å². The molecule has 0 rings (SSSR count). The van der Waals surface area contributed by atoms with E-state index in [1.54, 1.807) is 0 Å². The lowest BCUT2D eigenvalue weighted by Crippen LogP contribution is -2.10. The van der Waals surface area contributed by atoms with Gasteiger partial charge in [-0.3, -0.25) is 0 Å². The van der Waals surface area contributed by atoms with Gasteiger partial charge in [-0.2, -0.15) is 0 Å². The second kappa shape index (κ2) is 16.8. The summed E-state index contributed by atoms with van der Waals surface area (Å²) < 4.78 is 9.15. The molecular weight excluding hydrogens is 368 g/mol. The third-order valence-corrected chi connectivity index (χ3v) is 2.62. The van der Waals surface area contributed by atoms with Crippen molar-refractivity contribution in [2.24, 2.45) is 0 Å². The highest BCUT2D eigenvalue weighted by Gasteiger charge is 2.17. The molecule has 0 aromatic heterocycles. The van der Waals surface area contributed by atoms with Crippen LogP contribution in [0.15, 0.2) is 73.9 Å². The largest absolute Gasteiger partial charge is 0.478 e. The highest BCUT2D eigenvalue weighted by Crippen LogP contribution is 2.14. The predicted molar refractivity (Wildman–Crippen MR) is 103 cm³/mol. The maximum absolute atomic E-state index is 10.8. The summed E-state index contributed by atoms with van der Waals surface area (Å²) in [5.74, 6) is -3.69. The molecule has 0 saturated carbocycles. The van der Waals surface area contributed by atoms with Crippen LogP contribution in [0, 0.1) is 0 Å². The van der Waals surface area contributed by atoms with Crippen LogP contribution >= 0.6 is 0 Å². The molecule has 0 aliphatic rings. The third kappa shape index (κ3) is 13.6. The van der Waals surface area contributed by atoms with Crippen molar-refractivity contribution in [1.29, 1.82) is 0 Å². The molecular formula is C20H24O8. The number of carbonyl (C=O) groups is 4. The SMILES string of the molecule is C=CC/C(C(=O)O)=C(\CC=C)C(=O)O.C=CCOC(=O)/C=C/C(=O)OCC=C. The quantitative estimate of drug-likeness (QED) is 0.295. The van der Waals surface area contributed by atoms with Crippen molar-refractivity contribution < 1.29 is 38.9 Å². The van der Waals surface area contributed by atoms with Crippen LogP contribution < -0.4 is 0 Å². The fourth-order valence-corrected chi connectivity index (χ4v) is 1.48. The van der Waals surface area contributed by atoms with Crippen LogP contribution in [0.4, 0.5) is 0 Å². The molecule has 0 spiro atoms. The molecule has 0 saturated heterocycles. The highest BCUT2D eigenvalue weighted by atomic mass is 16.5. The molecule has 8 heteroatoms. The molecule has 2 N–H and O–H groups in total. The number of rotatable bonds is 12. The Balaban J connectivity index is 0. The van der Waals surface area contributed by atoms with E-state index in [0.717, 1.165) is 12.2 Å². The minimum absolute atomic E-state index is 0.0325. The summed E-state index contributed by atoms with van der Waals surface area (Å²) in [5.41, 5.74) is -0.292. The Bertz CT molecular complexity index is 612. The molecule has 0 aliphatic heterocycles. The Labute approximate surface area is 163 Å². The van der Waals surface area contributed by atoms with Gasteiger partial charge in [-0.05, 0) is 12.8 Å². The van der Waals surface area contributed by atoms with E-state index in [1.807, 2.05) is 0 Å². The van der Waals surface area contributed by atoms with Crippen molar-refractivity contribution in [2.75, 3.05) is 13.2 Å². The average molecular weight is 392 g/mol. The van der Waals surface area contributed by atoms with E-state index in [1.165, 1.54) is 24.3 Å². The van der Waals surface area contributed by atoms with Crippen molar-refractivity contribution in [3.63, 3.8) is 0 Å². The Morgan fingerprint density at radius 2 is 0.964 bits per heavy atom. The zero-order valence-electron chi connectivity index (χ0n) is 15.5. The highest BCUT2D eigenvalue weighted by molar-refractivity contribution is 5.99. The molecule has 8 nitrogen and oxygen atoms in total. The number of carboxylic acids is 2. The summed E-state index contributed by atoms with van der Waals surface area (Å²) in [4.78, 5) is 43.0. The summed E-state index contributed by atoms with van der Waals surface area (Å²) in [6.07, 6.45) is 7.63. The Morgan fingerprint density at radius 1 is 0.643 bits per heavy atom. The van der Waals surface area contributed by atoms with E-state index in [9.17, 15) is 19.2 Å².